The van der Waals surface area contributed by atoms with Gasteiger partial charge in [0.1, 0.15) is 0 Å². The van der Waals surface area contributed by atoms with Crippen molar-refractivity contribution in [3.8, 4) is 0 Å². The average molecular weight is 629 g/mol. The zero-order valence-corrected chi connectivity index (χ0v) is 26.4. The normalized spacial score (nSPS) is 23.3. The number of aryl methyl sites for hydroxylation is 2. The Labute approximate surface area is 236 Å². The molecule has 0 bridgehead atoms. The molecule has 3 heteroatoms. The van der Waals surface area contributed by atoms with Gasteiger partial charge in [0.25, 0.3) is 0 Å². The molecule has 192 valence electrons. The molecule has 2 unspecified atom stereocenters. The molecule has 2 atom stereocenters. The summed E-state index contributed by atoms with van der Waals surface area (Å²) >= 11 is 2.97. The van der Waals surface area contributed by atoms with Gasteiger partial charge in [0, 0.05) is 5.66 Å². The summed E-state index contributed by atoms with van der Waals surface area (Å²) in [6.45, 7) is 7.08. The Balaban J connectivity index is 1.53. The molecular formula is C33H43IP2. The number of hydrogen-bond donors (Lipinski definition) is 0. The molecule has 0 N–H and O–H groups in total. The number of alkyl halides is 1. The SMILES string of the molecule is Cc1ccc(P(c2ccc(C)cc2)C2C=CC=C2C(C)(I)P(C2CCCCC2)C2CCCCC2)cc1. The average Bonchev–Trinajstić information content (AvgIpc) is 3.38. The van der Waals surface area contributed by atoms with Gasteiger partial charge >= 0.3 is 0 Å². The molecule has 0 amide bonds. The molecular weight excluding hydrogens is 585 g/mol. The van der Waals surface area contributed by atoms with Crippen molar-refractivity contribution >= 4 is 49.0 Å². The minimum absolute atomic E-state index is 0.0620. The highest BCUT2D eigenvalue weighted by atomic mass is 127. The molecule has 3 aliphatic rings. The number of allylic oxidation sites excluding steroid dienone is 4. The highest BCUT2D eigenvalue weighted by Crippen LogP contribution is 2.70. The van der Waals surface area contributed by atoms with E-state index < -0.39 is 7.92 Å². The van der Waals surface area contributed by atoms with Crippen LogP contribution in [0.15, 0.2) is 72.3 Å². The third-order valence-corrected chi connectivity index (χ3v) is 17.6. The van der Waals surface area contributed by atoms with Crippen molar-refractivity contribution in [1.82, 2.24) is 0 Å². The molecule has 0 saturated heterocycles. The van der Waals surface area contributed by atoms with E-state index in [2.05, 4.69) is 110 Å². The van der Waals surface area contributed by atoms with Crippen molar-refractivity contribution in [1.29, 1.82) is 0 Å². The molecule has 3 aliphatic carbocycles. The highest BCUT2D eigenvalue weighted by Gasteiger charge is 2.47. The van der Waals surface area contributed by atoms with E-state index in [0.717, 1.165) is 11.3 Å². The molecule has 0 heterocycles. The van der Waals surface area contributed by atoms with Gasteiger partial charge in [-0.25, -0.2) is 0 Å². The van der Waals surface area contributed by atoms with Gasteiger partial charge in [-0.05, 0) is 81.9 Å². The Morgan fingerprint density at radius 2 is 1.14 bits per heavy atom. The van der Waals surface area contributed by atoms with Crippen LogP contribution in [0.4, 0.5) is 0 Å². The summed E-state index contributed by atoms with van der Waals surface area (Å²) in [6, 6.07) is 18.9. The molecule has 5 rings (SSSR count). The van der Waals surface area contributed by atoms with Gasteiger partial charge in [-0.1, -0.05) is 147 Å². The maximum Gasteiger partial charge on any atom is 0.0615 e. The Hall–Kier alpha value is -0.490. The van der Waals surface area contributed by atoms with E-state index in [1.54, 1.807) is 5.57 Å². The number of halogens is 1. The standard InChI is InChI=1S/C33H43IP2/c1-25-17-21-27(22-18-25)35(28-23-19-26(2)20-24-28)32-16-10-15-31(32)33(3,34)36(29-11-6-4-7-12-29)30-13-8-5-9-14-30/h10,15-24,29-30,32H,4-9,11-14H2,1-3H3. The van der Waals surface area contributed by atoms with Gasteiger partial charge in [-0.2, -0.15) is 0 Å². The van der Waals surface area contributed by atoms with Crippen molar-refractivity contribution < 1.29 is 0 Å². The first-order valence-corrected chi connectivity index (χ1v) is 18.2. The van der Waals surface area contributed by atoms with Gasteiger partial charge in [-0.3, -0.25) is 0 Å². The van der Waals surface area contributed by atoms with Crippen LogP contribution in [-0.4, -0.2) is 20.1 Å². The zero-order valence-electron chi connectivity index (χ0n) is 22.4. The van der Waals surface area contributed by atoms with Crippen LogP contribution in [-0.2, 0) is 0 Å². The van der Waals surface area contributed by atoms with Gasteiger partial charge in [0.15, 0.2) is 0 Å². The number of hydrogen-bond acceptors (Lipinski definition) is 0. The molecule has 0 aromatic heterocycles. The van der Waals surface area contributed by atoms with Crippen LogP contribution < -0.4 is 10.6 Å². The molecule has 2 aromatic carbocycles. The summed E-state index contributed by atoms with van der Waals surface area (Å²) in [6.07, 6.45) is 22.2. The van der Waals surface area contributed by atoms with Crippen LogP contribution in [0.1, 0.15) is 82.3 Å². The lowest BCUT2D eigenvalue weighted by Gasteiger charge is -2.48. The second kappa shape index (κ2) is 12.1. The molecule has 36 heavy (non-hydrogen) atoms. The molecule has 2 saturated carbocycles. The maximum absolute atomic E-state index is 2.97. The largest absolute Gasteiger partial charge is 0.0795 e. The first-order valence-electron chi connectivity index (χ1n) is 14.2. The summed E-state index contributed by atoms with van der Waals surface area (Å²) in [5, 5.41) is 3.04. The molecule has 2 fully saturated rings. The third kappa shape index (κ3) is 5.90. The lowest BCUT2D eigenvalue weighted by Crippen LogP contribution is -2.35. The van der Waals surface area contributed by atoms with Crippen LogP contribution in [0.25, 0.3) is 0 Å². The minimum atomic E-state index is -0.490. The first kappa shape index (κ1) is 27.1. The lowest BCUT2D eigenvalue weighted by molar-refractivity contribution is 0.482. The second-order valence-electron chi connectivity index (χ2n) is 11.4. The van der Waals surface area contributed by atoms with Crippen molar-refractivity contribution in [3.05, 3.63) is 83.5 Å². The first-order chi connectivity index (χ1) is 17.4. The Kier molecular flexibility index (Phi) is 9.13. The Morgan fingerprint density at radius 3 is 1.58 bits per heavy atom. The van der Waals surface area contributed by atoms with Gasteiger partial charge < -0.3 is 0 Å². The fourth-order valence-electron chi connectivity index (χ4n) is 6.85. The molecule has 0 aliphatic heterocycles. The van der Waals surface area contributed by atoms with Crippen LogP contribution >= 0.6 is 38.4 Å². The van der Waals surface area contributed by atoms with Crippen molar-refractivity contribution in [2.45, 2.75) is 105 Å². The van der Waals surface area contributed by atoms with Crippen LogP contribution in [0.2, 0.25) is 0 Å². The summed E-state index contributed by atoms with van der Waals surface area (Å²) < 4.78 is 0.265. The van der Waals surface area contributed by atoms with Crippen molar-refractivity contribution in [3.63, 3.8) is 0 Å². The Bertz CT molecular complexity index is 990. The van der Waals surface area contributed by atoms with E-state index in [1.807, 2.05) is 0 Å². The minimum Gasteiger partial charge on any atom is -0.0795 e. The zero-order chi connectivity index (χ0) is 25.1. The predicted molar refractivity (Wildman–Crippen MR) is 173 cm³/mol. The third-order valence-electron chi connectivity index (χ3n) is 8.74. The summed E-state index contributed by atoms with van der Waals surface area (Å²) in [5.41, 5.74) is 6.87. The monoisotopic (exact) mass is 628 g/mol. The van der Waals surface area contributed by atoms with Gasteiger partial charge in [-0.15, -0.1) is 0 Å². The highest BCUT2D eigenvalue weighted by molar-refractivity contribution is 14.1. The van der Waals surface area contributed by atoms with Crippen LogP contribution in [0.3, 0.4) is 0 Å². The maximum atomic E-state index is 2.97. The number of benzene rings is 2. The molecule has 0 spiro atoms. The van der Waals surface area contributed by atoms with E-state index in [1.165, 1.54) is 85.9 Å². The van der Waals surface area contributed by atoms with Gasteiger partial charge in [0.05, 0.1) is 3.16 Å². The molecule has 2 aromatic rings. The fraction of sp³-hybridized carbons (Fsp3) is 0.515. The molecule has 0 radical (unpaired) electrons. The predicted octanol–water partition coefficient (Wildman–Crippen LogP) is 9.90. The van der Waals surface area contributed by atoms with Crippen molar-refractivity contribution in [2.75, 3.05) is 0 Å². The smallest absolute Gasteiger partial charge is 0.0615 e. The van der Waals surface area contributed by atoms with Crippen molar-refractivity contribution in [2.24, 2.45) is 0 Å². The topological polar surface area (TPSA) is 0 Å². The quantitative estimate of drug-likeness (QED) is 0.163. The van der Waals surface area contributed by atoms with E-state index in [-0.39, 0.29) is 11.1 Å². The van der Waals surface area contributed by atoms with E-state index >= 15 is 0 Å². The number of rotatable bonds is 7. The van der Waals surface area contributed by atoms with E-state index in [9.17, 15) is 0 Å². The molecule has 0 nitrogen and oxygen atoms in total. The fourth-order valence-corrected chi connectivity index (χ4v) is 17.2. The van der Waals surface area contributed by atoms with Gasteiger partial charge in [0.2, 0.25) is 0 Å². The summed E-state index contributed by atoms with van der Waals surface area (Å²) in [4.78, 5) is 0. The Morgan fingerprint density at radius 1 is 0.694 bits per heavy atom. The lowest BCUT2D eigenvalue weighted by atomic mass is 9.99. The van der Waals surface area contributed by atoms with Crippen LogP contribution in [0.5, 0.6) is 0 Å². The van der Waals surface area contributed by atoms with E-state index in [4.69, 9.17) is 0 Å². The summed E-state index contributed by atoms with van der Waals surface area (Å²) in [5.74, 6) is 0. The summed E-state index contributed by atoms with van der Waals surface area (Å²) in [7, 11) is -0.552. The second-order valence-corrected chi connectivity index (χ2v) is 19.9. The van der Waals surface area contributed by atoms with Crippen LogP contribution in [0, 0.1) is 13.8 Å². The van der Waals surface area contributed by atoms with E-state index in [0.29, 0.717) is 5.66 Å².